The van der Waals surface area contributed by atoms with Crippen LogP contribution < -0.4 is 10.1 Å². The minimum Gasteiger partial charge on any atom is -0.486 e. The van der Waals surface area contributed by atoms with E-state index in [4.69, 9.17) is 4.74 Å². The Morgan fingerprint density at radius 1 is 1.04 bits per heavy atom. The number of hydrogen-bond acceptors (Lipinski definition) is 4. The van der Waals surface area contributed by atoms with Crippen LogP contribution in [0.25, 0.3) is 10.9 Å². The van der Waals surface area contributed by atoms with E-state index in [0.29, 0.717) is 6.54 Å². The summed E-state index contributed by atoms with van der Waals surface area (Å²) in [7, 11) is 0. The number of hydrogen-bond donors (Lipinski definition) is 1. The number of nitrogens with zero attached hydrogens (tertiary/aromatic N) is 2. The fourth-order valence-electron chi connectivity index (χ4n) is 2.30. The molecule has 0 saturated heterocycles. The standard InChI is InChI=1S/C18H18BrN3O/c1-18(2,23-14-9-7-13(19)8-10-14)11-20-17-15-5-3-4-6-16(15)21-12-22-17/h3-10,12H,11H2,1-2H3,(H,20,21,22). The molecule has 1 heterocycles. The lowest BCUT2D eigenvalue weighted by Gasteiger charge is -2.27. The molecule has 0 aliphatic carbocycles. The second kappa shape index (κ2) is 6.54. The van der Waals surface area contributed by atoms with Gasteiger partial charge in [0.1, 0.15) is 23.5 Å². The maximum Gasteiger partial charge on any atom is 0.137 e. The van der Waals surface area contributed by atoms with Crippen molar-refractivity contribution in [1.29, 1.82) is 0 Å². The number of rotatable bonds is 5. The number of ether oxygens (including phenoxy) is 1. The summed E-state index contributed by atoms with van der Waals surface area (Å²) in [6.07, 6.45) is 1.58. The minimum absolute atomic E-state index is 0.375. The van der Waals surface area contributed by atoms with Crippen molar-refractivity contribution in [1.82, 2.24) is 9.97 Å². The monoisotopic (exact) mass is 371 g/mol. The van der Waals surface area contributed by atoms with Crippen molar-refractivity contribution < 1.29 is 4.74 Å². The Morgan fingerprint density at radius 2 is 1.78 bits per heavy atom. The fraction of sp³-hybridized carbons (Fsp3) is 0.222. The van der Waals surface area contributed by atoms with E-state index in [0.717, 1.165) is 26.9 Å². The Balaban J connectivity index is 1.71. The molecule has 0 saturated carbocycles. The Kier molecular flexibility index (Phi) is 4.48. The first-order chi connectivity index (χ1) is 11.0. The highest BCUT2D eigenvalue weighted by molar-refractivity contribution is 9.10. The van der Waals surface area contributed by atoms with Gasteiger partial charge in [-0.25, -0.2) is 9.97 Å². The summed E-state index contributed by atoms with van der Waals surface area (Å²) in [5.41, 5.74) is 0.552. The molecule has 0 fully saturated rings. The van der Waals surface area contributed by atoms with Crippen molar-refractivity contribution >= 4 is 32.7 Å². The molecule has 1 aromatic heterocycles. The Hall–Kier alpha value is -2.14. The van der Waals surface area contributed by atoms with E-state index in [-0.39, 0.29) is 5.60 Å². The van der Waals surface area contributed by atoms with Gasteiger partial charge in [0.05, 0.1) is 12.1 Å². The van der Waals surface area contributed by atoms with Gasteiger partial charge < -0.3 is 10.1 Å². The molecule has 0 amide bonds. The van der Waals surface area contributed by atoms with Crippen LogP contribution in [0.3, 0.4) is 0 Å². The van der Waals surface area contributed by atoms with Gasteiger partial charge in [-0.1, -0.05) is 28.1 Å². The van der Waals surface area contributed by atoms with Crippen LogP contribution >= 0.6 is 15.9 Å². The predicted molar refractivity (Wildman–Crippen MR) is 96.9 cm³/mol. The summed E-state index contributed by atoms with van der Waals surface area (Å²) in [4.78, 5) is 8.62. The van der Waals surface area contributed by atoms with E-state index < -0.39 is 0 Å². The molecule has 4 nitrogen and oxygen atoms in total. The lowest BCUT2D eigenvalue weighted by atomic mass is 10.1. The first kappa shape index (κ1) is 15.7. The summed E-state index contributed by atoms with van der Waals surface area (Å²) in [5, 5.41) is 4.38. The highest BCUT2D eigenvalue weighted by Gasteiger charge is 2.20. The number of halogens is 1. The molecular formula is C18H18BrN3O. The molecule has 3 rings (SSSR count). The Morgan fingerprint density at radius 3 is 2.57 bits per heavy atom. The molecule has 1 N–H and O–H groups in total. The highest BCUT2D eigenvalue weighted by atomic mass is 79.9. The molecule has 5 heteroatoms. The fourth-order valence-corrected chi connectivity index (χ4v) is 2.56. The topological polar surface area (TPSA) is 47.0 Å². The van der Waals surface area contributed by atoms with Gasteiger partial charge in [-0.05, 0) is 50.2 Å². The van der Waals surface area contributed by atoms with Gasteiger partial charge in [-0.3, -0.25) is 0 Å². The third-order valence-corrected chi connectivity index (χ3v) is 3.96. The number of benzene rings is 2. The minimum atomic E-state index is -0.375. The largest absolute Gasteiger partial charge is 0.486 e. The number of para-hydroxylation sites is 1. The van der Waals surface area contributed by atoms with E-state index in [2.05, 4.69) is 31.2 Å². The third-order valence-electron chi connectivity index (χ3n) is 3.43. The average molecular weight is 372 g/mol. The van der Waals surface area contributed by atoms with Crippen LogP contribution in [0.4, 0.5) is 5.82 Å². The van der Waals surface area contributed by atoms with Crippen molar-refractivity contribution in [2.75, 3.05) is 11.9 Å². The van der Waals surface area contributed by atoms with Crippen LogP contribution in [0.5, 0.6) is 5.75 Å². The zero-order valence-electron chi connectivity index (χ0n) is 13.1. The van der Waals surface area contributed by atoms with Gasteiger partial charge in [0.2, 0.25) is 0 Å². The van der Waals surface area contributed by atoms with Crippen LogP contribution in [-0.4, -0.2) is 22.1 Å². The van der Waals surface area contributed by atoms with Gasteiger partial charge in [0.15, 0.2) is 0 Å². The maximum absolute atomic E-state index is 6.06. The molecule has 3 aromatic rings. The molecule has 118 valence electrons. The van der Waals surface area contributed by atoms with E-state index in [1.807, 2.05) is 62.4 Å². The second-order valence-corrected chi connectivity index (χ2v) is 6.82. The van der Waals surface area contributed by atoms with Crippen LogP contribution in [0.1, 0.15) is 13.8 Å². The lowest BCUT2D eigenvalue weighted by molar-refractivity contribution is 0.123. The summed E-state index contributed by atoms with van der Waals surface area (Å²) < 4.78 is 7.10. The number of nitrogens with one attached hydrogen (secondary N) is 1. The average Bonchev–Trinajstić information content (AvgIpc) is 2.55. The Bertz CT molecular complexity index is 797. The van der Waals surface area contributed by atoms with Crippen LogP contribution in [-0.2, 0) is 0 Å². The molecule has 0 atom stereocenters. The zero-order valence-corrected chi connectivity index (χ0v) is 14.7. The van der Waals surface area contributed by atoms with E-state index in [1.165, 1.54) is 0 Å². The maximum atomic E-state index is 6.06. The molecule has 0 radical (unpaired) electrons. The van der Waals surface area contributed by atoms with Crippen LogP contribution in [0, 0.1) is 0 Å². The summed E-state index contributed by atoms with van der Waals surface area (Å²) in [6, 6.07) is 15.8. The van der Waals surface area contributed by atoms with Gasteiger partial charge in [-0.15, -0.1) is 0 Å². The quantitative estimate of drug-likeness (QED) is 0.708. The predicted octanol–water partition coefficient (Wildman–Crippen LogP) is 4.66. The van der Waals surface area contributed by atoms with Gasteiger partial charge in [-0.2, -0.15) is 0 Å². The van der Waals surface area contributed by atoms with Crippen molar-refractivity contribution in [3.05, 3.63) is 59.3 Å². The van der Waals surface area contributed by atoms with Crippen molar-refractivity contribution in [3.63, 3.8) is 0 Å². The van der Waals surface area contributed by atoms with E-state index >= 15 is 0 Å². The molecular weight excluding hydrogens is 354 g/mol. The molecule has 2 aromatic carbocycles. The molecule has 23 heavy (non-hydrogen) atoms. The molecule has 0 aliphatic rings. The van der Waals surface area contributed by atoms with Crippen LogP contribution in [0.2, 0.25) is 0 Å². The Labute approximate surface area is 144 Å². The second-order valence-electron chi connectivity index (χ2n) is 5.91. The smallest absolute Gasteiger partial charge is 0.137 e. The van der Waals surface area contributed by atoms with Gasteiger partial charge in [0.25, 0.3) is 0 Å². The van der Waals surface area contributed by atoms with Gasteiger partial charge >= 0.3 is 0 Å². The molecule has 0 aliphatic heterocycles. The summed E-state index contributed by atoms with van der Waals surface area (Å²) in [5.74, 6) is 1.66. The molecule has 0 spiro atoms. The van der Waals surface area contributed by atoms with Crippen molar-refractivity contribution in [2.45, 2.75) is 19.4 Å². The van der Waals surface area contributed by atoms with Gasteiger partial charge in [0, 0.05) is 9.86 Å². The molecule has 0 unspecified atom stereocenters. The lowest BCUT2D eigenvalue weighted by Crippen LogP contribution is -2.36. The first-order valence-electron chi connectivity index (χ1n) is 7.42. The first-order valence-corrected chi connectivity index (χ1v) is 8.21. The highest BCUT2D eigenvalue weighted by Crippen LogP contribution is 2.23. The normalized spacial score (nSPS) is 11.4. The summed E-state index contributed by atoms with van der Waals surface area (Å²) in [6.45, 7) is 4.72. The number of anilines is 1. The third kappa shape index (κ3) is 3.99. The number of aromatic nitrogens is 2. The van der Waals surface area contributed by atoms with Crippen molar-refractivity contribution in [3.8, 4) is 5.75 Å². The van der Waals surface area contributed by atoms with Crippen molar-refractivity contribution in [2.24, 2.45) is 0 Å². The zero-order chi connectivity index (χ0) is 16.3. The summed E-state index contributed by atoms with van der Waals surface area (Å²) >= 11 is 3.43. The van der Waals surface area contributed by atoms with Crippen LogP contribution in [0.15, 0.2) is 59.3 Å². The number of fused-ring (bicyclic) bond motifs is 1. The van der Waals surface area contributed by atoms with E-state index in [1.54, 1.807) is 6.33 Å². The van der Waals surface area contributed by atoms with E-state index in [9.17, 15) is 0 Å². The molecule has 0 bridgehead atoms. The SMILES string of the molecule is CC(C)(CNc1ncnc2ccccc12)Oc1ccc(Br)cc1.